The number of nitrogens with zero attached hydrogens (tertiary/aromatic N) is 2. The van der Waals surface area contributed by atoms with E-state index in [0.29, 0.717) is 0 Å². The van der Waals surface area contributed by atoms with Crippen molar-refractivity contribution in [1.29, 1.82) is 0 Å². The van der Waals surface area contributed by atoms with Gasteiger partial charge in [0.15, 0.2) is 0 Å². The first-order chi connectivity index (χ1) is 9.74. The Morgan fingerprint density at radius 3 is 3.00 bits per heavy atom. The molecular formula is C15H23N5. The number of hydrogen-bond acceptors (Lipinski definition) is 4. The Hall–Kier alpha value is -1.59. The lowest BCUT2D eigenvalue weighted by molar-refractivity contribution is 0.354. The van der Waals surface area contributed by atoms with Crippen LogP contribution in [0.2, 0.25) is 0 Å². The van der Waals surface area contributed by atoms with Gasteiger partial charge in [-0.2, -0.15) is 0 Å². The van der Waals surface area contributed by atoms with Gasteiger partial charge in [-0.15, -0.1) is 0 Å². The number of benzene rings is 1. The predicted octanol–water partition coefficient (Wildman–Crippen LogP) is 1.24. The highest BCUT2D eigenvalue weighted by atomic mass is 15.1. The first-order valence-electron chi connectivity index (χ1n) is 7.36. The molecule has 20 heavy (non-hydrogen) atoms. The summed E-state index contributed by atoms with van der Waals surface area (Å²) in [4.78, 5) is 4.66. The standard InChI is InChI=1S/C15H23N5/c1-20-14-3-2-12(16)8-13(14)19-15(20)10-18-9-11-4-6-17-7-5-11/h2-3,8,11,17-18H,4-7,9-10,16H2,1H3. The molecule has 0 atom stereocenters. The molecule has 3 rings (SSSR count). The quantitative estimate of drug-likeness (QED) is 0.733. The number of nitrogen functional groups attached to an aromatic ring is 1. The Bertz CT molecular complexity index is 583. The highest BCUT2D eigenvalue weighted by Gasteiger charge is 2.13. The zero-order valence-electron chi connectivity index (χ0n) is 12.0. The number of rotatable bonds is 4. The van der Waals surface area contributed by atoms with Crippen LogP contribution in [0.15, 0.2) is 18.2 Å². The van der Waals surface area contributed by atoms with Crippen molar-refractivity contribution >= 4 is 16.7 Å². The summed E-state index contributed by atoms with van der Waals surface area (Å²) >= 11 is 0. The summed E-state index contributed by atoms with van der Waals surface area (Å²) in [6, 6.07) is 5.90. The summed E-state index contributed by atoms with van der Waals surface area (Å²) < 4.78 is 2.14. The largest absolute Gasteiger partial charge is 0.399 e. The van der Waals surface area contributed by atoms with Crippen LogP contribution in [0, 0.1) is 5.92 Å². The van der Waals surface area contributed by atoms with Gasteiger partial charge in [0.05, 0.1) is 17.6 Å². The summed E-state index contributed by atoms with van der Waals surface area (Å²) in [5.74, 6) is 1.86. The monoisotopic (exact) mass is 273 g/mol. The van der Waals surface area contributed by atoms with E-state index in [4.69, 9.17) is 5.73 Å². The SMILES string of the molecule is Cn1c(CNCC2CCNCC2)nc2cc(N)ccc21. The van der Waals surface area contributed by atoms with Gasteiger partial charge in [-0.3, -0.25) is 0 Å². The molecule has 0 amide bonds. The zero-order chi connectivity index (χ0) is 13.9. The van der Waals surface area contributed by atoms with Gasteiger partial charge in [-0.1, -0.05) is 0 Å². The molecule has 0 saturated carbocycles. The molecule has 1 fully saturated rings. The molecule has 1 aromatic heterocycles. The van der Waals surface area contributed by atoms with E-state index < -0.39 is 0 Å². The molecule has 2 aromatic rings. The van der Waals surface area contributed by atoms with E-state index in [0.717, 1.165) is 54.6 Å². The number of hydrogen-bond donors (Lipinski definition) is 3. The Balaban J connectivity index is 1.63. The molecule has 0 unspecified atom stereocenters. The van der Waals surface area contributed by atoms with Crippen LogP contribution >= 0.6 is 0 Å². The zero-order valence-corrected chi connectivity index (χ0v) is 12.0. The lowest BCUT2D eigenvalue weighted by Gasteiger charge is -2.22. The van der Waals surface area contributed by atoms with Gasteiger partial charge in [0.1, 0.15) is 5.82 Å². The number of piperidine rings is 1. The number of anilines is 1. The highest BCUT2D eigenvalue weighted by Crippen LogP contribution is 2.18. The van der Waals surface area contributed by atoms with Gasteiger partial charge in [0.2, 0.25) is 0 Å². The highest BCUT2D eigenvalue weighted by molar-refractivity contribution is 5.79. The molecule has 1 aromatic carbocycles. The van der Waals surface area contributed by atoms with Crippen LogP contribution < -0.4 is 16.4 Å². The molecule has 4 N–H and O–H groups in total. The fraction of sp³-hybridized carbons (Fsp3) is 0.533. The Labute approximate surface area is 119 Å². The normalized spacial score (nSPS) is 16.9. The molecule has 1 aliphatic rings. The summed E-state index contributed by atoms with van der Waals surface area (Å²) in [7, 11) is 2.06. The van der Waals surface area contributed by atoms with E-state index in [9.17, 15) is 0 Å². The third-order valence-corrected chi connectivity index (χ3v) is 4.17. The van der Waals surface area contributed by atoms with Crippen molar-refractivity contribution in [2.24, 2.45) is 13.0 Å². The lowest BCUT2D eigenvalue weighted by Crippen LogP contribution is -2.33. The second-order valence-corrected chi connectivity index (χ2v) is 5.66. The van der Waals surface area contributed by atoms with Crippen molar-refractivity contribution in [2.45, 2.75) is 19.4 Å². The van der Waals surface area contributed by atoms with Gasteiger partial charge in [-0.05, 0) is 56.6 Å². The van der Waals surface area contributed by atoms with E-state index >= 15 is 0 Å². The Kier molecular flexibility index (Phi) is 3.89. The molecule has 1 aliphatic heterocycles. The Morgan fingerprint density at radius 1 is 1.40 bits per heavy atom. The second-order valence-electron chi connectivity index (χ2n) is 5.66. The lowest BCUT2D eigenvalue weighted by atomic mass is 9.98. The summed E-state index contributed by atoms with van der Waals surface area (Å²) in [6.45, 7) is 4.19. The summed E-state index contributed by atoms with van der Waals surface area (Å²) in [6.07, 6.45) is 2.54. The smallest absolute Gasteiger partial charge is 0.123 e. The maximum absolute atomic E-state index is 5.81. The maximum atomic E-state index is 5.81. The van der Waals surface area contributed by atoms with Crippen LogP contribution in [-0.2, 0) is 13.6 Å². The van der Waals surface area contributed by atoms with E-state index in [-0.39, 0.29) is 0 Å². The van der Waals surface area contributed by atoms with E-state index in [1.54, 1.807) is 0 Å². The average Bonchev–Trinajstić information content (AvgIpc) is 2.76. The van der Waals surface area contributed by atoms with Crippen molar-refractivity contribution in [3.63, 3.8) is 0 Å². The molecule has 1 saturated heterocycles. The number of imidazole rings is 1. The van der Waals surface area contributed by atoms with Crippen molar-refractivity contribution < 1.29 is 0 Å². The topological polar surface area (TPSA) is 67.9 Å². The summed E-state index contributed by atoms with van der Waals surface area (Å²) in [5.41, 5.74) is 8.69. The van der Waals surface area contributed by atoms with Crippen LogP contribution in [0.1, 0.15) is 18.7 Å². The number of nitrogens with one attached hydrogen (secondary N) is 2. The van der Waals surface area contributed by atoms with Crippen molar-refractivity contribution in [2.75, 3.05) is 25.4 Å². The molecule has 0 radical (unpaired) electrons. The summed E-state index contributed by atoms with van der Waals surface area (Å²) in [5, 5.41) is 6.94. The van der Waals surface area contributed by atoms with Crippen LogP contribution in [0.3, 0.4) is 0 Å². The fourth-order valence-electron chi connectivity index (χ4n) is 2.90. The average molecular weight is 273 g/mol. The number of fused-ring (bicyclic) bond motifs is 1. The van der Waals surface area contributed by atoms with Crippen LogP contribution in [0.25, 0.3) is 11.0 Å². The van der Waals surface area contributed by atoms with Crippen molar-refractivity contribution in [3.05, 3.63) is 24.0 Å². The fourth-order valence-corrected chi connectivity index (χ4v) is 2.90. The molecule has 0 bridgehead atoms. The third kappa shape index (κ3) is 2.78. The molecule has 0 spiro atoms. The first-order valence-corrected chi connectivity index (χ1v) is 7.36. The van der Waals surface area contributed by atoms with Gasteiger partial charge >= 0.3 is 0 Å². The minimum absolute atomic E-state index is 0.768. The van der Waals surface area contributed by atoms with Crippen LogP contribution in [0.5, 0.6) is 0 Å². The molecule has 5 nitrogen and oxygen atoms in total. The molecule has 108 valence electrons. The maximum Gasteiger partial charge on any atom is 0.123 e. The first kappa shape index (κ1) is 13.4. The van der Waals surface area contributed by atoms with Gasteiger partial charge in [-0.25, -0.2) is 4.98 Å². The van der Waals surface area contributed by atoms with E-state index in [2.05, 4.69) is 27.2 Å². The van der Waals surface area contributed by atoms with Gasteiger partial charge < -0.3 is 20.9 Å². The third-order valence-electron chi connectivity index (χ3n) is 4.17. The number of aromatic nitrogens is 2. The number of aryl methyl sites for hydroxylation is 1. The molecule has 2 heterocycles. The molecule has 5 heteroatoms. The van der Waals surface area contributed by atoms with Gasteiger partial charge in [0.25, 0.3) is 0 Å². The van der Waals surface area contributed by atoms with Crippen molar-refractivity contribution in [3.8, 4) is 0 Å². The molecular weight excluding hydrogens is 250 g/mol. The van der Waals surface area contributed by atoms with E-state index in [1.807, 2.05) is 18.2 Å². The van der Waals surface area contributed by atoms with Crippen LogP contribution in [0.4, 0.5) is 5.69 Å². The predicted molar refractivity (Wildman–Crippen MR) is 82.4 cm³/mol. The van der Waals surface area contributed by atoms with Gasteiger partial charge in [0, 0.05) is 12.7 Å². The minimum Gasteiger partial charge on any atom is -0.399 e. The Morgan fingerprint density at radius 2 is 2.20 bits per heavy atom. The number of nitrogens with two attached hydrogens (primary N) is 1. The van der Waals surface area contributed by atoms with Crippen molar-refractivity contribution in [1.82, 2.24) is 20.2 Å². The minimum atomic E-state index is 0.768. The van der Waals surface area contributed by atoms with E-state index in [1.165, 1.54) is 12.8 Å². The second kappa shape index (κ2) is 5.81. The molecule has 0 aliphatic carbocycles. The van der Waals surface area contributed by atoms with Crippen LogP contribution in [-0.4, -0.2) is 29.2 Å².